The van der Waals surface area contributed by atoms with E-state index in [1.807, 2.05) is 17.9 Å². The molecule has 0 saturated carbocycles. The third-order valence-corrected chi connectivity index (χ3v) is 3.75. The van der Waals surface area contributed by atoms with Gasteiger partial charge in [0.25, 0.3) is 0 Å². The third-order valence-electron chi connectivity index (χ3n) is 3.75. The summed E-state index contributed by atoms with van der Waals surface area (Å²) in [6.07, 6.45) is 3.35. The lowest BCUT2D eigenvalue weighted by atomic mass is 10.2. The fourth-order valence-electron chi connectivity index (χ4n) is 2.43. The van der Waals surface area contributed by atoms with E-state index < -0.39 is 6.48 Å². The molecule has 25 heavy (non-hydrogen) atoms. The molecule has 1 aliphatic rings. The third kappa shape index (κ3) is 5.74. The minimum atomic E-state index is -0.797. The van der Waals surface area contributed by atoms with E-state index in [0.29, 0.717) is 18.1 Å². The van der Waals surface area contributed by atoms with Gasteiger partial charge in [-0.15, -0.1) is 0 Å². The Bertz CT molecular complexity index is 585. The maximum atomic E-state index is 12.2. The predicted molar refractivity (Wildman–Crippen MR) is 94.5 cm³/mol. The number of hydrogen-bond acceptors (Lipinski definition) is 6. The zero-order valence-corrected chi connectivity index (χ0v) is 15.0. The van der Waals surface area contributed by atoms with Crippen LogP contribution in [0.1, 0.15) is 12.5 Å². The fourth-order valence-corrected chi connectivity index (χ4v) is 2.43. The molecule has 1 amide bonds. The Morgan fingerprint density at radius 1 is 1.28 bits per heavy atom. The van der Waals surface area contributed by atoms with Gasteiger partial charge in [-0.05, 0) is 30.7 Å². The highest BCUT2D eigenvalue weighted by molar-refractivity contribution is 5.92. The maximum absolute atomic E-state index is 12.2. The molecule has 1 heterocycles. The number of nitrogens with one attached hydrogen (secondary N) is 1. The summed E-state index contributed by atoms with van der Waals surface area (Å²) < 4.78 is 21.4. The van der Waals surface area contributed by atoms with Gasteiger partial charge in [0.15, 0.2) is 11.5 Å². The molecular formula is C18H26N2O5. The Labute approximate surface area is 148 Å². The lowest BCUT2D eigenvalue weighted by Gasteiger charge is -2.26. The number of ether oxygens (including phenoxy) is 4. The molecule has 0 bridgehead atoms. The highest BCUT2D eigenvalue weighted by Crippen LogP contribution is 2.29. The van der Waals surface area contributed by atoms with Crippen molar-refractivity contribution in [2.75, 3.05) is 47.0 Å². The zero-order chi connectivity index (χ0) is 18.1. The van der Waals surface area contributed by atoms with Crippen molar-refractivity contribution in [3.63, 3.8) is 0 Å². The lowest BCUT2D eigenvalue weighted by Crippen LogP contribution is -2.45. The van der Waals surface area contributed by atoms with E-state index in [4.69, 9.17) is 18.9 Å². The van der Waals surface area contributed by atoms with Gasteiger partial charge >= 0.3 is 6.48 Å². The van der Waals surface area contributed by atoms with E-state index >= 15 is 0 Å². The molecule has 1 atom stereocenters. The SMILES string of the molecule is CCO[C@H](OC)Oc1ccc(/C=C/C(=O)N2CCNCC2)cc1OC. The van der Waals surface area contributed by atoms with Gasteiger partial charge in [-0.2, -0.15) is 0 Å². The van der Waals surface area contributed by atoms with E-state index in [2.05, 4.69) is 5.32 Å². The van der Waals surface area contributed by atoms with Gasteiger partial charge in [-0.3, -0.25) is 4.79 Å². The summed E-state index contributed by atoms with van der Waals surface area (Å²) in [4.78, 5) is 14.0. The molecule has 1 aliphatic heterocycles. The van der Waals surface area contributed by atoms with Crippen molar-refractivity contribution in [3.05, 3.63) is 29.8 Å². The Kier molecular flexibility index (Phi) is 7.72. The number of rotatable bonds is 8. The van der Waals surface area contributed by atoms with Gasteiger partial charge in [0, 0.05) is 39.4 Å². The molecule has 0 aliphatic carbocycles. The van der Waals surface area contributed by atoms with Crippen molar-refractivity contribution in [3.8, 4) is 11.5 Å². The largest absolute Gasteiger partial charge is 0.493 e. The van der Waals surface area contributed by atoms with Crippen LogP contribution in [0.5, 0.6) is 11.5 Å². The van der Waals surface area contributed by atoms with Crippen LogP contribution in [0.4, 0.5) is 0 Å². The molecular weight excluding hydrogens is 324 g/mol. The lowest BCUT2D eigenvalue weighted by molar-refractivity contribution is -0.231. The summed E-state index contributed by atoms with van der Waals surface area (Å²) in [7, 11) is 3.07. The number of hydrogen-bond donors (Lipinski definition) is 1. The minimum absolute atomic E-state index is 0.0107. The number of carbonyl (C=O) groups is 1. The Morgan fingerprint density at radius 3 is 2.68 bits per heavy atom. The minimum Gasteiger partial charge on any atom is -0.493 e. The van der Waals surface area contributed by atoms with Crippen molar-refractivity contribution in [2.24, 2.45) is 0 Å². The molecule has 2 rings (SSSR count). The Balaban J connectivity index is 2.04. The topological polar surface area (TPSA) is 69.3 Å². The molecule has 0 aromatic heterocycles. The summed E-state index contributed by atoms with van der Waals surface area (Å²) >= 11 is 0. The van der Waals surface area contributed by atoms with Crippen molar-refractivity contribution < 1.29 is 23.7 Å². The van der Waals surface area contributed by atoms with E-state index in [1.165, 1.54) is 7.11 Å². The van der Waals surface area contributed by atoms with Crippen molar-refractivity contribution >= 4 is 12.0 Å². The number of amides is 1. The fraction of sp³-hybridized carbons (Fsp3) is 0.500. The average molecular weight is 350 g/mol. The molecule has 7 heteroatoms. The first-order valence-corrected chi connectivity index (χ1v) is 8.34. The van der Waals surface area contributed by atoms with Crippen LogP contribution in [0.2, 0.25) is 0 Å². The summed E-state index contributed by atoms with van der Waals surface area (Å²) in [5.74, 6) is 1.06. The number of piperazine rings is 1. The van der Waals surface area contributed by atoms with E-state index in [0.717, 1.165) is 31.7 Å². The van der Waals surface area contributed by atoms with Crippen LogP contribution in [0.3, 0.4) is 0 Å². The van der Waals surface area contributed by atoms with Gasteiger partial charge < -0.3 is 29.2 Å². The summed E-state index contributed by atoms with van der Waals surface area (Å²) in [5.41, 5.74) is 0.845. The zero-order valence-electron chi connectivity index (χ0n) is 15.0. The second-order valence-corrected chi connectivity index (χ2v) is 5.42. The van der Waals surface area contributed by atoms with Crippen LogP contribution in [0.25, 0.3) is 6.08 Å². The van der Waals surface area contributed by atoms with Crippen LogP contribution in [-0.2, 0) is 14.3 Å². The number of nitrogens with zero attached hydrogens (tertiary/aromatic N) is 1. The Morgan fingerprint density at radius 2 is 2.04 bits per heavy atom. The molecule has 0 unspecified atom stereocenters. The van der Waals surface area contributed by atoms with Crippen LogP contribution < -0.4 is 14.8 Å². The first-order valence-electron chi connectivity index (χ1n) is 8.34. The standard InChI is InChI=1S/C18H26N2O5/c1-4-24-18(23-3)25-15-7-5-14(13-16(15)22-2)6-8-17(21)20-11-9-19-10-12-20/h5-8,13,18-19H,4,9-12H2,1-3H3/b8-6+/t18-/m0/s1. The Hall–Kier alpha value is -2.09. The van der Waals surface area contributed by atoms with Crippen LogP contribution in [0.15, 0.2) is 24.3 Å². The maximum Gasteiger partial charge on any atom is 0.315 e. The summed E-state index contributed by atoms with van der Waals surface area (Å²) in [5, 5.41) is 3.23. The van der Waals surface area contributed by atoms with Crippen LogP contribution in [-0.4, -0.2) is 64.3 Å². The highest BCUT2D eigenvalue weighted by atomic mass is 16.8. The van der Waals surface area contributed by atoms with Gasteiger partial charge in [-0.1, -0.05) is 6.07 Å². The van der Waals surface area contributed by atoms with Crippen LogP contribution >= 0.6 is 0 Å². The summed E-state index contributed by atoms with van der Waals surface area (Å²) in [6.45, 7) is 4.66. The van der Waals surface area contributed by atoms with E-state index in [9.17, 15) is 4.79 Å². The van der Waals surface area contributed by atoms with E-state index in [-0.39, 0.29) is 5.91 Å². The average Bonchev–Trinajstić information content (AvgIpc) is 2.67. The van der Waals surface area contributed by atoms with Gasteiger partial charge in [0.1, 0.15) is 0 Å². The molecule has 1 aromatic carbocycles. The predicted octanol–water partition coefficient (Wildman–Crippen LogP) is 1.49. The van der Waals surface area contributed by atoms with Crippen molar-refractivity contribution in [1.82, 2.24) is 10.2 Å². The molecule has 1 saturated heterocycles. The van der Waals surface area contributed by atoms with Crippen LogP contribution in [0, 0.1) is 0 Å². The highest BCUT2D eigenvalue weighted by Gasteiger charge is 2.14. The number of carbonyl (C=O) groups excluding carboxylic acids is 1. The first-order chi connectivity index (χ1) is 12.2. The van der Waals surface area contributed by atoms with Gasteiger partial charge in [0.2, 0.25) is 5.91 Å². The molecule has 1 fully saturated rings. The molecule has 0 radical (unpaired) electrons. The normalized spacial score (nSPS) is 16.0. The second kappa shape index (κ2) is 10.0. The monoisotopic (exact) mass is 350 g/mol. The second-order valence-electron chi connectivity index (χ2n) is 5.42. The summed E-state index contributed by atoms with van der Waals surface area (Å²) in [6, 6.07) is 5.41. The molecule has 0 spiro atoms. The number of benzene rings is 1. The van der Waals surface area contributed by atoms with E-state index in [1.54, 1.807) is 31.4 Å². The molecule has 1 N–H and O–H groups in total. The molecule has 1 aromatic rings. The molecule has 138 valence electrons. The van der Waals surface area contributed by atoms with Gasteiger partial charge in [0.05, 0.1) is 13.7 Å². The number of methoxy groups -OCH3 is 2. The molecule has 7 nitrogen and oxygen atoms in total. The van der Waals surface area contributed by atoms with Crippen molar-refractivity contribution in [1.29, 1.82) is 0 Å². The quantitative estimate of drug-likeness (QED) is 0.566. The smallest absolute Gasteiger partial charge is 0.315 e. The first kappa shape index (κ1) is 19.2. The van der Waals surface area contributed by atoms with Crippen molar-refractivity contribution in [2.45, 2.75) is 13.4 Å². The van der Waals surface area contributed by atoms with Gasteiger partial charge in [-0.25, -0.2) is 0 Å².